The van der Waals surface area contributed by atoms with E-state index in [4.69, 9.17) is 0 Å². The Bertz CT molecular complexity index is 2730. The SMILES string of the molecule is c1ccc(-c2ccccc2N(c2cccc(-c3cccc4c3sc3ccccc34)c2)c2cccc3c2-c2ccccc2C32C3CC4CC(C3)CC2C4)cc1. The average molecular weight is 712 g/mol. The lowest BCUT2D eigenvalue weighted by molar-refractivity contribution is -0.0399. The largest absolute Gasteiger partial charge is 0.309 e. The van der Waals surface area contributed by atoms with Crippen molar-refractivity contribution in [3.63, 3.8) is 0 Å². The van der Waals surface area contributed by atoms with Gasteiger partial charge in [0.1, 0.15) is 0 Å². The maximum Gasteiger partial charge on any atom is 0.0543 e. The molecule has 4 saturated carbocycles. The Labute approximate surface area is 321 Å². The fraction of sp³-hybridized carbons (Fsp3) is 0.192. The molecular formula is C52H41NS. The van der Waals surface area contributed by atoms with Gasteiger partial charge in [0.2, 0.25) is 0 Å². The van der Waals surface area contributed by atoms with Crippen molar-refractivity contribution >= 4 is 48.6 Å². The maximum absolute atomic E-state index is 2.60. The number of nitrogens with zero attached hydrogens (tertiary/aromatic N) is 1. The number of hydrogen-bond acceptors (Lipinski definition) is 2. The van der Waals surface area contributed by atoms with Gasteiger partial charge in [-0.25, -0.2) is 0 Å². The lowest BCUT2D eigenvalue weighted by atomic mass is 9.43. The minimum absolute atomic E-state index is 0.110. The molecule has 0 saturated heterocycles. The molecule has 7 aromatic carbocycles. The molecule has 1 spiro atoms. The summed E-state index contributed by atoms with van der Waals surface area (Å²) in [7, 11) is 0. The van der Waals surface area contributed by atoms with Gasteiger partial charge in [-0.15, -0.1) is 11.3 Å². The predicted octanol–water partition coefficient (Wildman–Crippen LogP) is 14.6. The molecule has 260 valence electrons. The molecule has 5 aliphatic rings. The Kier molecular flexibility index (Phi) is 6.75. The summed E-state index contributed by atoms with van der Waals surface area (Å²) in [6, 6.07) is 61.9. The van der Waals surface area contributed by atoms with Crippen molar-refractivity contribution < 1.29 is 0 Å². The van der Waals surface area contributed by atoms with Crippen LogP contribution < -0.4 is 4.90 Å². The minimum Gasteiger partial charge on any atom is -0.309 e. The van der Waals surface area contributed by atoms with E-state index in [0.29, 0.717) is 0 Å². The zero-order valence-electron chi connectivity index (χ0n) is 30.3. The molecule has 0 radical (unpaired) electrons. The van der Waals surface area contributed by atoms with E-state index in [9.17, 15) is 0 Å². The molecule has 54 heavy (non-hydrogen) atoms. The highest BCUT2D eigenvalue weighted by Gasteiger charge is 2.61. The second-order valence-electron chi connectivity index (χ2n) is 16.5. The molecule has 2 heteroatoms. The molecule has 0 amide bonds. The molecule has 0 unspecified atom stereocenters. The molecule has 1 nitrogen and oxygen atoms in total. The number of rotatable bonds is 5. The molecule has 1 heterocycles. The molecule has 4 fully saturated rings. The summed E-state index contributed by atoms with van der Waals surface area (Å²) in [5.74, 6) is 3.28. The molecule has 4 bridgehead atoms. The third kappa shape index (κ3) is 4.32. The Hall–Kier alpha value is -5.44. The van der Waals surface area contributed by atoms with E-state index >= 15 is 0 Å². The van der Waals surface area contributed by atoms with Crippen molar-refractivity contribution in [3.05, 3.63) is 175 Å². The highest BCUT2D eigenvalue weighted by atomic mass is 32.1. The summed E-state index contributed by atoms with van der Waals surface area (Å²) in [6.07, 6.45) is 7.01. The summed E-state index contributed by atoms with van der Waals surface area (Å²) < 4.78 is 2.69. The normalized spacial score (nSPS) is 23.3. The van der Waals surface area contributed by atoms with Crippen LogP contribution >= 0.6 is 11.3 Å². The van der Waals surface area contributed by atoms with Gasteiger partial charge < -0.3 is 4.90 Å². The van der Waals surface area contributed by atoms with Gasteiger partial charge in [-0.1, -0.05) is 133 Å². The van der Waals surface area contributed by atoms with Gasteiger partial charge in [-0.2, -0.15) is 0 Å². The van der Waals surface area contributed by atoms with Gasteiger partial charge in [-0.3, -0.25) is 0 Å². The highest BCUT2D eigenvalue weighted by molar-refractivity contribution is 7.26. The molecule has 1 aromatic heterocycles. The van der Waals surface area contributed by atoms with Crippen LogP contribution in [0.1, 0.15) is 43.2 Å². The van der Waals surface area contributed by atoms with E-state index in [1.807, 2.05) is 11.3 Å². The van der Waals surface area contributed by atoms with Crippen LogP contribution in [-0.4, -0.2) is 0 Å². The van der Waals surface area contributed by atoms with Gasteiger partial charge in [0, 0.05) is 42.4 Å². The minimum atomic E-state index is 0.110. The number of para-hydroxylation sites is 1. The van der Waals surface area contributed by atoms with Gasteiger partial charge in [0.05, 0.1) is 11.4 Å². The van der Waals surface area contributed by atoms with E-state index in [1.165, 1.54) is 103 Å². The van der Waals surface area contributed by atoms with E-state index in [2.05, 4.69) is 169 Å². The fourth-order valence-corrected chi connectivity index (χ4v) is 13.3. The molecule has 13 rings (SSSR count). The number of hydrogen-bond donors (Lipinski definition) is 0. The molecule has 0 aliphatic heterocycles. The van der Waals surface area contributed by atoms with E-state index in [0.717, 1.165) is 23.7 Å². The van der Waals surface area contributed by atoms with Crippen LogP contribution in [0.5, 0.6) is 0 Å². The van der Waals surface area contributed by atoms with Crippen LogP contribution in [0.15, 0.2) is 164 Å². The molecular weight excluding hydrogens is 671 g/mol. The standard InChI is InChI=1S/C52H41NS/c1-2-13-35(14-3-1)40-17-5-8-24-47(40)53(39-16-10-15-36(32-39)41-20-11-21-43-42-18-6-9-26-49(42)54-51(41)43)48-25-12-23-46-50(48)44-19-4-7-22-45(44)52(46)37-28-33-27-34(30-37)31-38(52)29-33/h1-26,32-34,37-38H,27-31H2. The Morgan fingerprint density at radius 1 is 0.463 bits per heavy atom. The van der Waals surface area contributed by atoms with Crippen LogP contribution in [0.3, 0.4) is 0 Å². The average Bonchev–Trinajstić information content (AvgIpc) is 3.75. The van der Waals surface area contributed by atoms with Crippen LogP contribution in [0.25, 0.3) is 53.6 Å². The first-order valence-corrected chi connectivity index (χ1v) is 20.8. The Balaban J connectivity index is 1.11. The van der Waals surface area contributed by atoms with Crippen LogP contribution in [0.2, 0.25) is 0 Å². The van der Waals surface area contributed by atoms with Crippen LogP contribution in [-0.2, 0) is 5.41 Å². The number of benzene rings is 7. The third-order valence-electron chi connectivity index (χ3n) is 13.8. The monoisotopic (exact) mass is 711 g/mol. The first-order chi connectivity index (χ1) is 26.8. The van der Waals surface area contributed by atoms with Gasteiger partial charge in [0.15, 0.2) is 0 Å². The van der Waals surface area contributed by atoms with Crippen molar-refractivity contribution in [2.24, 2.45) is 23.7 Å². The molecule has 0 N–H and O–H groups in total. The molecule has 0 atom stereocenters. The van der Waals surface area contributed by atoms with Crippen molar-refractivity contribution in [2.45, 2.75) is 37.5 Å². The Morgan fingerprint density at radius 2 is 1.07 bits per heavy atom. The fourth-order valence-electron chi connectivity index (χ4n) is 12.1. The summed E-state index contributed by atoms with van der Waals surface area (Å²) in [4.78, 5) is 2.60. The third-order valence-corrected chi connectivity index (χ3v) is 15.1. The summed E-state index contributed by atoms with van der Waals surface area (Å²) >= 11 is 1.91. The zero-order valence-corrected chi connectivity index (χ0v) is 31.1. The summed E-state index contributed by atoms with van der Waals surface area (Å²) in [5.41, 5.74) is 14.9. The van der Waals surface area contributed by atoms with E-state index < -0.39 is 0 Å². The quantitative estimate of drug-likeness (QED) is 0.172. The van der Waals surface area contributed by atoms with Crippen LogP contribution in [0, 0.1) is 23.7 Å². The Morgan fingerprint density at radius 3 is 1.93 bits per heavy atom. The molecule has 8 aromatic rings. The van der Waals surface area contributed by atoms with Crippen molar-refractivity contribution in [3.8, 4) is 33.4 Å². The topological polar surface area (TPSA) is 3.24 Å². The highest BCUT2D eigenvalue weighted by Crippen LogP contribution is 2.70. The van der Waals surface area contributed by atoms with Crippen molar-refractivity contribution in [1.82, 2.24) is 0 Å². The lowest BCUT2D eigenvalue weighted by Gasteiger charge is -2.61. The van der Waals surface area contributed by atoms with E-state index in [1.54, 1.807) is 11.1 Å². The molecule has 5 aliphatic carbocycles. The van der Waals surface area contributed by atoms with Crippen molar-refractivity contribution in [1.29, 1.82) is 0 Å². The van der Waals surface area contributed by atoms with E-state index in [-0.39, 0.29) is 5.41 Å². The van der Waals surface area contributed by atoms with Gasteiger partial charge in [-0.05, 0) is 119 Å². The smallest absolute Gasteiger partial charge is 0.0543 e. The maximum atomic E-state index is 2.60. The number of thiophene rings is 1. The first-order valence-electron chi connectivity index (χ1n) is 19.9. The second-order valence-corrected chi connectivity index (χ2v) is 17.5. The number of fused-ring (bicyclic) bond motifs is 6. The number of anilines is 3. The van der Waals surface area contributed by atoms with Crippen LogP contribution in [0.4, 0.5) is 17.1 Å². The lowest BCUT2D eigenvalue weighted by Crippen LogP contribution is -2.55. The van der Waals surface area contributed by atoms with Crippen molar-refractivity contribution in [2.75, 3.05) is 4.90 Å². The van der Waals surface area contributed by atoms with Gasteiger partial charge in [0.25, 0.3) is 0 Å². The summed E-state index contributed by atoms with van der Waals surface area (Å²) in [6.45, 7) is 0. The van der Waals surface area contributed by atoms with Gasteiger partial charge >= 0.3 is 0 Å². The zero-order chi connectivity index (χ0) is 35.4. The predicted molar refractivity (Wildman–Crippen MR) is 228 cm³/mol. The second kappa shape index (κ2) is 11.8. The first kappa shape index (κ1) is 31.0. The summed E-state index contributed by atoms with van der Waals surface area (Å²) in [5, 5.41) is 2.68.